The number of ether oxygens (including phenoxy) is 1. The molecule has 1 amide bonds. The van der Waals surface area contributed by atoms with Gasteiger partial charge in [-0.05, 0) is 36.8 Å². The molecule has 1 aromatic carbocycles. The predicted octanol–water partition coefficient (Wildman–Crippen LogP) is 2.50. The molecule has 1 fully saturated rings. The van der Waals surface area contributed by atoms with Gasteiger partial charge in [0.05, 0.1) is 7.11 Å². The largest absolute Gasteiger partial charge is 0.494 e. The third-order valence-corrected chi connectivity index (χ3v) is 4.39. The van der Waals surface area contributed by atoms with Crippen LogP contribution in [0.3, 0.4) is 0 Å². The second-order valence-corrected chi connectivity index (χ2v) is 6.20. The minimum Gasteiger partial charge on any atom is -0.494 e. The Hall–Kier alpha value is -2.47. The molecule has 2 aromatic rings. The molecule has 6 heteroatoms. The van der Waals surface area contributed by atoms with Crippen LogP contribution in [-0.4, -0.2) is 54.0 Å². The van der Waals surface area contributed by atoms with Crippen LogP contribution >= 0.6 is 0 Å². The lowest BCUT2D eigenvalue weighted by Gasteiger charge is -2.34. The number of hydrogen-bond acceptors (Lipinski definition) is 4. The van der Waals surface area contributed by atoms with Crippen molar-refractivity contribution in [3.8, 4) is 5.75 Å². The smallest absolute Gasteiger partial charge is 0.272 e. The van der Waals surface area contributed by atoms with E-state index in [1.165, 1.54) is 13.2 Å². The molecule has 0 N–H and O–H groups in total. The molecular formula is C19H22FN3O2. The van der Waals surface area contributed by atoms with Gasteiger partial charge in [0.15, 0.2) is 11.6 Å². The van der Waals surface area contributed by atoms with Crippen LogP contribution in [0.2, 0.25) is 0 Å². The fraction of sp³-hybridized carbons (Fsp3) is 0.368. The Morgan fingerprint density at radius 1 is 1.20 bits per heavy atom. The maximum absolute atomic E-state index is 13.8. The van der Waals surface area contributed by atoms with Crippen LogP contribution in [0.1, 0.15) is 21.7 Å². The topological polar surface area (TPSA) is 45.7 Å². The summed E-state index contributed by atoms with van der Waals surface area (Å²) in [6.07, 6.45) is 0. The number of benzene rings is 1. The second kappa shape index (κ2) is 7.61. The number of carbonyl (C=O) groups is 1. The zero-order valence-corrected chi connectivity index (χ0v) is 14.5. The molecule has 0 unspecified atom stereocenters. The Balaban J connectivity index is 1.56. The van der Waals surface area contributed by atoms with Gasteiger partial charge in [0.2, 0.25) is 0 Å². The summed E-state index contributed by atoms with van der Waals surface area (Å²) in [5.41, 5.74) is 2.23. The minimum absolute atomic E-state index is 0.0289. The minimum atomic E-state index is -0.348. The summed E-state index contributed by atoms with van der Waals surface area (Å²) in [6.45, 7) is 5.34. The van der Waals surface area contributed by atoms with Crippen molar-refractivity contribution in [2.24, 2.45) is 0 Å². The SMILES string of the molecule is COc1ccc(CN2CCN(C(=O)c3cccc(C)n3)CC2)cc1F. The van der Waals surface area contributed by atoms with E-state index in [2.05, 4.69) is 9.88 Å². The van der Waals surface area contributed by atoms with Crippen molar-refractivity contribution in [3.63, 3.8) is 0 Å². The van der Waals surface area contributed by atoms with E-state index in [1.54, 1.807) is 12.1 Å². The number of carbonyl (C=O) groups excluding carboxylic acids is 1. The first kappa shape index (κ1) is 17.4. The molecule has 1 aliphatic heterocycles. The van der Waals surface area contributed by atoms with Gasteiger partial charge in [-0.1, -0.05) is 12.1 Å². The standard InChI is InChI=1S/C19H22FN3O2/c1-14-4-3-5-17(21-14)19(24)23-10-8-22(9-11-23)13-15-6-7-18(25-2)16(20)12-15/h3-7,12H,8-11,13H2,1-2H3. The number of amides is 1. The fourth-order valence-electron chi connectivity index (χ4n) is 3.00. The van der Waals surface area contributed by atoms with Gasteiger partial charge in [-0.25, -0.2) is 9.37 Å². The van der Waals surface area contributed by atoms with Crippen molar-refractivity contribution in [1.82, 2.24) is 14.8 Å². The number of piperazine rings is 1. The lowest BCUT2D eigenvalue weighted by molar-refractivity contribution is 0.0622. The van der Waals surface area contributed by atoms with E-state index >= 15 is 0 Å². The van der Waals surface area contributed by atoms with Crippen molar-refractivity contribution in [2.75, 3.05) is 33.3 Å². The van der Waals surface area contributed by atoms with Crippen molar-refractivity contribution in [2.45, 2.75) is 13.5 Å². The fourth-order valence-corrected chi connectivity index (χ4v) is 3.00. The highest BCUT2D eigenvalue weighted by Gasteiger charge is 2.23. The van der Waals surface area contributed by atoms with E-state index in [0.29, 0.717) is 25.3 Å². The summed E-state index contributed by atoms with van der Waals surface area (Å²) in [4.78, 5) is 20.9. The van der Waals surface area contributed by atoms with E-state index in [4.69, 9.17) is 4.74 Å². The van der Waals surface area contributed by atoms with E-state index < -0.39 is 0 Å². The summed E-state index contributed by atoms with van der Waals surface area (Å²) in [7, 11) is 1.46. The van der Waals surface area contributed by atoms with Crippen molar-refractivity contribution in [3.05, 3.63) is 59.2 Å². The molecule has 1 saturated heterocycles. The van der Waals surface area contributed by atoms with E-state index in [-0.39, 0.29) is 17.5 Å². The third kappa shape index (κ3) is 4.14. The maximum atomic E-state index is 13.8. The molecule has 1 aromatic heterocycles. The van der Waals surface area contributed by atoms with E-state index in [0.717, 1.165) is 24.3 Å². The molecule has 132 valence electrons. The predicted molar refractivity (Wildman–Crippen MR) is 93.1 cm³/mol. The Labute approximate surface area is 147 Å². The molecular weight excluding hydrogens is 321 g/mol. The third-order valence-electron chi connectivity index (χ3n) is 4.39. The van der Waals surface area contributed by atoms with E-state index in [1.807, 2.05) is 30.0 Å². The van der Waals surface area contributed by atoms with Crippen LogP contribution in [0.25, 0.3) is 0 Å². The Morgan fingerprint density at radius 2 is 1.96 bits per heavy atom. The quantitative estimate of drug-likeness (QED) is 0.856. The van der Waals surface area contributed by atoms with Gasteiger partial charge in [-0.2, -0.15) is 0 Å². The Morgan fingerprint density at radius 3 is 2.60 bits per heavy atom. The molecule has 0 radical (unpaired) electrons. The molecule has 0 saturated carbocycles. The lowest BCUT2D eigenvalue weighted by Crippen LogP contribution is -2.48. The average molecular weight is 343 g/mol. The summed E-state index contributed by atoms with van der Waals surface area (Å²) in [5, 5.41) is 0. The summed E-state index contributed by atoms with van der Waals surface area (Å²) < 4.78 is 18.7. The van der Waals surface area contributed by atoms with Gasteiger partial charge in [0.1, 0.15) is 5.69 Å². The van der Waals surface area contributed by atoms with Gasteiger partial charge in [0, 0.05) is 38.4 Å². The molecule has 3 rings (SSSR count). The highest BCUT2D eigenvalue weighted by Crippen LogP contribution is 2.19. The monoisotopic (exact) mass is 343 g/mol. The van der Waals surface area contributed by atoms with Crippen LogP contribution in [0.4, 0.5) is 4.39 Å². The maximum Gasteiger partial charge on any atom is 0.272 e. The van der Waals surface area contributed by atoms with Gasteiger partial charge in [-0.15, -0.1) is 0 Å². The first-order valence-corrected chi connectivity index (χ1v) is 8.34. The first-order valence-electron chi connectivity index (χ1n) is 8.34. The van der Waals surface area contributed by atoms with Gasteiger partial charge < -0.3 is 9.64 Å². The number of methoxy groups -OCH3 is 1. The number of pyridine rings is 1. The van der Waals surface area contributed by atoms with Crippen LogP contribution in [0, 0.1) is 12.7 Å². The second-order valence-electron chi connectivity index (χ2n) is 6.20. The number of aromatic nitrogens is 1. The molecule has 0 aliphatic carbocycles. The Bertz CT molecular complexity index is 758. The number of hydrogen-bond donors (Lipinski definition) is 0. The number of halogens is 1. The van der Waals surface area contributed by atoms with Gasteiger partial charge in [-0.3, -0.25) is 9.69 Å². The van der Waals surface area contributed by atoms with Crippen LogP contribution in [0.15, 0.2) is 36.4 Å². The normalized spacial score (nSPS) is 15.2. The molecule has 25 heavy (non-hydrogen) atoms. The lowest BCUT2D eigenvalue weighted by atomic mass is 10.1. The molecule has 0 spiro atoms. The molecule has 1 aliphatic rings. The van der Waals surface area contributed by atoms with Crippen molar-refractivity contribution >= 4 is 5.91 Å². The number of nitrogens with zero attached hydrogens (tertiary/aromatic N) is 3. The highest BCUT2D eigenvalue weighted by atomic mass is 19.1. The zero-order chi connectivity index (χ0) is 17.8. The molecule has 2 heterocycles. The van der Waals surface area contributed by atoms with Crippen molar-refractivity contribution < 1.29 is 13.9 Å². The summed E-state index contributed by atoms with van der Waals surface area (Å²) in [5.74, 6) is -0.122. The Kier molecular flexibility index (Phi) is 5.28. The highest BCUT2D eigenvalue weighted by molar-refractivity contribution is 5.92. The number of rotatable bonds is 4. The van der Waals surface area contributed by atoms with Crippen molar-refractivity contribution in [1.29, 1.82) is 0 Å². The number of aryl methyl sites for hydroxylation is 1. The molecule has 0 bridgehead atoms. The van der Waals surface area contributed by atoms with Gasteiger partial charge >= 0.3 is 0 Å². The molecule has 0 atom stereocenters. The summed E-state index contributed by atoms with van der Waals surface area (Å²) in [6, 6.07) is 10.5. The summed E-state index contributed by atoms with van der Waals surface area (Å²) >= 11 is 0. The average Bonchev–Trinajstić information content (AvgIpc) is 2.62. The molecule has 5 nitrogen and oxygen atoms in total. The van der Waals surface area contributed by atoms with Crippen LogP contribution in [0.5, 0.6) is 5.75 Å². The first-order chi connectivity index (χ1) is 12.1. The van der Waals surface area contributed by atoms with Crippen LogP contribution in [-0.2, 0) is 6.54 Å². The van der Waals surface area contributed by atoms with E-state index in [9.17, 15) is 9.18 Å². The zero-order valence-electron chi connectivity index (χ0n) is 14.5. The van der Waals surface area contributed by atoms with Gasteiger partial charge in [0.25, 0.3) is 5.91 Å². The van der Waals surface area contributed by atoms with Crippen LogP contribution < -0.4 is 4.74 Å².